The number of amides is 1. The predicted molar refractivity (Wildman–Crippen MR) is 108 cm³/mol. The zero-order valence-corrected chi connectivity index (χ0v) is 16.6. The highest BCUT2D eigenvalue weighted by Gasteiger charge is 2.11. The van der Waals surface area contributed by atoms with Crippen LogP contribution in [-0.4, -0.2) is 40.5 Å². The zero-order chi connectivity index (χ0) is 19.9. The number of ether oxygens (including phenoxy) is 2. The molecule has 0 spiro atoms. The van der Waals surface area contributed by atoms with Gasteiger partial charge in [-0.3, -0.25) is 14.9 Å². The number of pyridine rings is 1. The van der Waals surface area contributed by atoms with E-state index in [4.69, 9.17) is 9.47 Å². The molecule has 0 atom stereocenters. The standard InChI is InChI=1S/C19H22N4O4S/c1-3-17-21-22-19(28-17)20-16(24)12-27-15-7-5-6-14-13(15)8-9-23(18(14)25)10-11-26-4-2/h5-9H,3-4,10-12H2,1-2H3,(H,20,22,24). The maximum absolute atomic E-state index is 12.6. The molecule has 0 unspecified atom stereocenters. The molecule has 8 nitrogen and oxygen atoms in total. The minimum absolute atomic E-state index is 0.118. The zero-order valence-electron chi connectivity index (χ0n) is 15.8. The van der Waals surface area contributed by atoms with Gasteiger partial charge in [0, 0.05) is 24.7 Å². The summed E-state index contributed by atoms with van der Waals surface area (Å²) in [5.74, 6) is 0.147. The molecule has 2 heterocycles. The number of carbonyl (C=O) groups excluding carboxylic acids is 1. The summed E-state index contributed by atoms with van der Waals surface area (Å²) < 4.78 is 12.6. The third-order valence-electron chi connectivity index (χ3n) is 4.03. The fraction of sp³-hybridized carbons (Fsp3) is 0.368. The summed E-state index contributed by atoms with van der Waals surface area (Å²) in [5.41, 5.74) is -0.118. The average Bonchev–Trinajstić information content (AvgIpc) is 3.16. The first-order valence-corrected chi connectivity index (χ1v) is 9.89. The van der Waals surface area contributed by atoms with E-state index in [1.807, 2.05) is 19.9 Å². The lowest BCUT2D eigenvalue weighted by Gasteiger charge is -2.11. The minimum Gasteiger partial charge on any atom is -0.483 e. The summed E-state index contributed by atoms with van der Waals surface area (Å²) in [6.07, 6.45) is 2.48. The molecule has 0 bridgehead atoms. The molecule has 0 aliphatic heterocycles. The summed E-state index contributed by atoms with van der Waals surface area (Å²) in [7, 11) is 0. The van der Waals surface area contributed by atoms with Gasteiger partial charge in [-0.2, -0.15) is 0 Å². The minimum atomic E-state index is -0.333. The van der Waals surface area contributed by atoms with Crippen molar-refractivity contribution in [3.63, 3.8) is 0 Å². The lowest BCUT2D eigenvalue weighted by atomic mass is 10.1. The van der Waals surface area contributed by atoms with Crippen molar-refractivity contribution in [2.75, 3.05) is 25.1 Å². The maximum atomic E-state index is 12.6. The van der Waals surface area contributed by atoms with Crippen molar-refractivity contribution in [1.29, 1.82) is 0 Å². The molecule has 0 fully saturated rings. The molecule has 2 aromatic heterocycles. The number of hydrogen-bond acceptors (Lipinski definition) is 7. The Kier molecular flexibility index (Phi) is 6.72. The van der Waals surface area contributed by atoms with Gasteiger partial charge in [0.2, 0.25) is 5.13 Å². The quantitative estimate of drug-likeness (QED) is 0.553. The van der Waals surface area contributed by atoms with Crippen molar-refractivity contribution in [2.45, 2.75) is 26.8 Å². The van der Waals surface area contributed by atoms with Crippen LogP contribution < -0.4 is 15.6 Å². The van der Waals surface area contributed by atoms with Crippen molar-refractivity contribution >= 4 is 33.1 Å². The SMILES string of the molecule is CCOCCn1ccc2c(OCC(=O)Nc3nnc(CC)s3)cccc2c1=O. The summed E-state index contributed by atoms with van der Waals surface area (Å²) in [6, 6.07) is 7.03. The number of anilines is 1. The Morgan fingerprint density at radius 2 is 2.07 bits per heavy atom. The Hall–Kier alpha value is -2.78. The van der Waals surface area contributed by atoms with Gasteiger partial charge >= 0.3 is 0 Å². The molecule has 9 heteroatoms. The van der Waals surface area contributed by atoms with Gasteiger partial charge in [-0.15, -0.1) is 10.2 Å². The number of benzene rings is 1. The van der Waals surface area contributed by atoms with Crippen LogP contribution in [0.25, 0.3) is 10.8 Å². The maximum Gasteiger partial charge on any atom is 0.264 e. The third-order valence-corrected chi connectivity index (χ3v) is 5.02. The molecule has 1 aromatic carbocycles. The number of aromatic nitrogens is 3. The van der Waals surface area contributed by atoms with Crippen molar-refractivity contribution in [2.24, 2.45) is 0 Å². The van der Waals surface area contributed by atoms with E-state index in [-0.39, 0.29) is 18.1 Å². The first-order valence-electron chi connectivity index (χ1n) is 9.07. The number of rotatable bonds is 9. The van der Waals surface area contributed by atoms with Crippen LogP contribution in [0.4, 0.5) is 5.13 Å². The van der Waals surface area contributed by atoms with E-state index in [0.29, 0.717) is 41.4 Å². The van der Waals surface area contributed by atoms with Crippen LogP contribution in [0.2, 0.25) is 0 Å². The highest BCUT2D eigenvalue weighted by atomic mass is 32.1. The highest BCUT2D eigenvalue weighted by molar-refractivity contribution is 7.15. The van der Waals surface area contributed by atoms with Crippen LogP contribution in [-0.2, 0) is 22.5 Å². The van der Waals surface area contributed by atoms with Gasteiger partial charge in [0.05, 0.1) is 12.0 Å². The number of nitrogens with zero attached hydrogens (tertiary/aromatic N) is 3. The van der Waals surface area contributed by atoms with E-state index >= 15 is 0 Å². The highest BCUT2D eigenvalue weighted by Crippen LogP contribution is 2.23. The largest absolute Gasteiger partial charge is 0.483 e. The second kappa shape index (κ2) is 9.43. The number of nitrogens with one attached hydrogen (secondary N) is 1. The fourth-order valence-electron chi connectivity index (χ4n) is 2.64. The van der Waals surface area contributed by atoms with Crippen molar-refractivity contribution in [1.82, 2.24) is 14.8 Å². The van der Waals surface area contributed by atoms with E-state index < -0.39 is 0 Å². The van der Waals surface area contributed by atoms with E-state index in [0.717, 1.165) is 11.4 Å². The van der Waals surface area contributed by atoms with Gasteiger partial charge in [0.25, 0.3) is 11.5 Å². The summed E-state index contributed by atoms with van der Waals surface area (Å²) in [4.78, 5) is 24.8. The Balaban J connectivity index is 1.69. The molecule has 0 radical (unpaired) electrons. The van der Waals surface area contributed by atoms with Gasteiger partial charge in [-0.05, 0) is 31.5 Å². The lowest BCUT2D eigenvalue weighted by molar-refractivity contribution is -0.118. The first-order chi connectivity index (χ1) is 13.6. The van der Waals surface area contributed by atoms with Crippen LogP contribution in [0.15, 0.2) is 35.3 Å². The second-order valence-electron chi connectivity index (χ2n) is 5.92. The molecule has 1 amide bonds. The topological polar surface area (TPSA) is 95.3 Å². The number of carbonyl (C=O) groups is 1. The summed E-state index contributed by atoms with van der Waals surface area (Å²) in [5, 5.41) is 13.0. The normalized spacial score (nSPS) is 10.9. The van der Waals surface area contributed by atoms with Crippen LogP contribution >= 0.6 is 11.3 Å². The number of hydrogen-bond donors (Lipinski definition) is 1. The average molecular weight is 402 g/mol. The molecular weight excluding hydrogens is 380 g/mol. The Morgan fingerprint density at radius 3 is 2.82 bits per heavy atom. The number of aryl methyl sites for hydroxylation is 1. The molecule has 0 aliphatic rings. The molecule has 3 aromatic rings. The van der Waals surface area contributed by atoms with Gasteiger partial charge < -0.3 is 14.0 Å². The fourth-order valence-corrected chi connectivity index (χ4v) is 3.34. The molecule has 0 aliphatic carbocycles. The Morgan fingerprint density at radius 1 is 1.21 bits per heavy atom. The van der Waals surface area contributed by atoms with Crippen molar-refractivity contribution < 1.29 is 14.3 Å². The molecular formula is C19H22N4O4S. The van der Waals surface area contributed by atoms with Crippen LogP contribution in [0.5, 0.6) is 5.75 Å². The van der Waals surface area contributed by atoms with Gasteiger partial charge in [0.15, 0.2) is 6.61 Å². The second-order valence-corrected chi connectivity index (χ2v) is 6.98. The first kappa shape index (κ1) is 20.0. The van der Waals surface area contributed by atoms with Gasteiger partial charge in [0.1, 0.15) is 10.8 Å². The molecule has 1 N–H and O–H groups in total. The predicted octanol–water partition coefficient (Wildman–Crippen LogP) is 2.47. The van der Waals surface area contributed by atoms with Crippen LogP contribution in [0.1, 0.15) is 18.9 Å². The lowest BCUT2D eigenvalue weighted by Crippen LogP contribution is -2.22. The van der Waals surface area contributed by atoms with Crippen LogP contribution in [0.3, 0.4) is 0 Å². The molecule has 148 valence electrons. The molecule has 28 heavy (non-hydrogen) atoms. The monoisotopic (exact) mass is 402 g/mol. The van der Waals surface area contributed by atoms with E-state index in [9.17, 15) is 9.59 Å². The van der Waals surface area contributed by atoms with E-state index in [2.05, 4.69) is 15.5 Å². The van der Waals surface area contributed by atoms with Crippen molar-refractivity contribution in [3.05, 3.63) is 45.8 Å². The smallest absolute Gasteiger partial charge is 0.264 e. The van der Waals surface area contributed by atoms with Crippen LogP contribution in [0, 0.1) is 0 Å². The summed E-state index contributed by atoms with van der Waals surface area (Å²) >= 11 is 1.33. The summed E-state index contributed by atoms with van der Waals surface area (Å²) in [6.45, 7) is 5.27. The molecule has 3 rings (SSSR count). The molecule has 0 saturated carbocycles. The Bertz CT molecular complexity index is 1010. The van der Waals surface area contributed by atoms with Gasteiger partial charge in [-0.1, -0.05) is 24.3 Å². The van der Waals surface area contributed by atoms with E-state index in [1.54, 1.807) is 29.0 Å². The van der Waals surface area contributed by atoms with E-state index in [1.165, 1.54) is 11.3 Å². The molecule has 0 saturated heterocycles. The van der Waals surface area contributed by atoms with Crippen molar-refractivity contribution in [3.8, 4) is 5.75 Å². The van der Waals surface area contributed by atoms with Gasteiger partial charge in [-0.25, -0.2) is 0 Å². The number of fused-ring (bicyclic) bond motifs is 1. The third kappa shape index (κ3) is 4.73. The Labute approximate surface area is 166 Å².